The predicted molar refractivity (Wildman–Crippen MR) is 42.5 cm³/mol. The second-order valence-electron chi connectivity index (χ2n) is 1.87. The van der Waals surface area contributed by atoms with Crippen molar-refractivity contribution in [2.45, 2.75) is 26.2 Å². The van der Waals surface area contributed by atoms with Crippen LogP contribution in [0.3, 0.4) is 0 Å². The number of hydrogen-bond donors (Lipinski definition) is 0. The van der Waals surface area contributed by atoms with Crippen LogP contribution in [-0.2, 0) is 0 Å². The van der Waals surface area contributed by atoms with E-state index in [0.29, 0.717) is 0 Å². The minimum atomic E-state index is 0.719. The summed E-state index contributed by atoms with van der Waals surface area (Å²) in [5.74, 6) is 2.40. The molecule has 0 bridgehead atoms. The highest BCUT2D eigenvalue weighted by atomic mass is 32.2. The molecule has 0 radical (unpaired) electrons. The molecule has 0 unspecified atom stereocenters. The Morgan fingerprint density at radius 3 is 2.78 bits per heavy atom. The van der Waals surface area contributed by atoms with Crippen LogP contribution in [0.15, 0.2) is 0 Å². The first-order valence-corrected chi connectivity index (χ1v) is 4.52. The largest absolute Gasteiger partial charge is 0.198 e. The zero-order valence-electron chi connectivity index (χ0n) is 5.89. The van der Waals surface area contributed by atoms with E-state index in [2.05, 4.69) is 13.0 Å². The van der Waals surface area contributed by atoms with E-state index in [4.69, 9.17) is 5.26 Å². The van der Waals surface area contributed by atoms with Gasteiger partial charge in [-0.25, -0.2) is 0 Å². The summed E-state index contributed by atoms with van der Waals surface area (Å²) in [6.45, 7) is 2.18. The van der Waals surface area contributed by atoms with E-state index in [0.717, 1.165) is 18.6 Å². The maximum Gasteiger partial charge on any atom is 0.0622 e. The van der Waals surface area contributed by atoms with E-state index in [1.54, 1.807) is 0 Å². The lowest BCUT2D eigenvalue weighted by molar-refractivity contribution is 0.977. The molecule has 9 heavy (non-hydrogen) atoms. The molecule has 0 rings (SSSR count). The van der Waals surface area contributed by atoms with Crippen LogP contribution >= 0.6 is 11.8 Å². The van der Waals surface area contributed by atoms with Gasteiger partial charge in [0.25, 0.3) is 0 Å². The van der Waals surface area contributed by atoms with Gasteiger partial charge in [-0.1, -0.05) is 6.92 Å². The van der Waals surface area contributed by atoms with Crippen LogP contribution in [0, 0.1) is 11.3 Å². The SMILES string of the molecule is CCCSCCCC#N. The Morgan fingerprint density at radius 2 is 2.22 bits per heavy atom. The van der Waals surface area contributed by atoms with Gasteiger partial charge in [-0.15, -0.1) is 0 Å². The number of rotatable bonds is 5. The van der Waals surface area contributed by atoms with Crippen molar-refractivity contribution < 1.29 is 0 Å². The number of thioether (sulfide) groups is 1. The third kappa shape index (κ3) is 7.84. The molecule has 0 amide bonds. The summed E-state index contributed by atoms with van der Waals surface area (Å²) in [5, 5.41) is 8.16. The first kappa shape index (κ1) is 8.84. The first-order chi connectivity index (χ1) is 4.41. The number of unbranched alkanes of at least 4 members (excludes halogenated alkanes) is 1. The summed E-state index contributed by atoms with van der Waals surface area (Å²) >= 11 is 1.94. The summed E-state index contributed by atoms with van der Waals surface area (Å²) in [7, 11) is 0. The van der Waals surface area contributed by atoms with Crippen LogP contribution in [-0.4, -0.2) is 11.5 Å². The van der Waals surface area contributed by atoms with E-state index in [1.807, 2.05) is 11.8 Å². The Morgan fingerprint density at radius 1 is 1.44 bits per heavy atom. The molecule has 0 heterocycles. The average Bonchev–Trinajstić information content (AvgIpc) is 1.89. The van der Waals surface area contributed by atoms with Crippen molar-refractivity contribution in [1.29, 1.82) is 5.26 Å². The van der Waals surface area contributed by atoms with Gasteiger partial charge < -0.3 is 0 Å². The molecular formula is C7H13NS. The quantitative estimate of drug-likeness (QED) is 0.552. The smallest absolute Gasteiger partial charge is 0.0622 e. The van der Waals surface area contributed by atoms with Gasteiger partial charge in [0.15, 0.2) is 0 Å². The summed E-state index contributed by atoms with van der Waals surface area (Å²) in [4.78, 5) is 0. The standard InChI is InChI=1S/C7H13NS/c1-2-6-9-7-4-3-5-8/h2-4,6-7H2,1H3. The Hall–Kier alpha value is -0.160. The van der Waals surface area contributed by atoms with E-state index < -0.39 is 0 Å². The number of hydrogen-bond acceptors (Lipinski definition) is 2. The van der Waals surface area contributed by atoms with Crippen molar-refractivity contribution in [1.82, 2.24) is 0 Å². The van der Waals surface area contributed by atoms with Crippen LogP contribution in [0.1, 0.15) is 26.2 Å². The first-order valence-electron chi connectivity index (χ1n) is 3.36. The van der Waals surface area contributed by atoms with Crippen molar-refractivity contribution in [3.8, 4) is 6.07 Å². The highest BCUT2D eigenvalue weighted by Gasteiger charge is 1.85. The van der Waals surface area contributed by atoms with Gasteiger partial charge in [0.1, 0.15) is 0 Å². The predicted octanol–water partition coefficient (Wildman–Crippen LogP) is 2.43. The van der Waals surface area contributed by atoms with E-state index >= 15 is 0 Å². The minimum Gasteiger partial charge on any atom is -0.198 e. The van der Waals surface area contributed by atoms with Crippen molar-refractivity contribution in [2.75, 3.05) is 11.5 Å². The molecule has 0 N–H and O–H groups in total. The lowest BCUT2D eigenvalue weighted by Crippen LogP contribution is -1.80. The molecule has 2 heteroatoms. The molecule has 0 fully saturated rings. The van der Waals surface area contributed by atoms with Crippen molar-refractivity contribution >= 4 is 11.8 Å². The van der Waals surface area contributed by atoms with Gasteiger partial charge in [-0.2, -0.15) is 17.0 Å². The molecule has 0 aliphatic carbocycles. The third-order valence-corrected chi connectivity index (χ3v) is 2.20. The second kappa shape index (κ2) is 7.84. The lowest BCUT2D eigenvalue weighted by Gasteiger charge is -1.93. The van der Waals surface area contributed by atoms with Crippen LogP contribution < -0.4 is 0 Å². The fourth-order valence-corrected chi connectivity index (χ4v) is 1.34. The van der Waals surface area contributed by atoms with Gasteiger partial charge >= 0.3 is 0 Å². The zero-order valence-corrected chi connectivity index (χ0v) is 6.71. The van der Waals surface area contributed by atoms with Crippen molar-refractivity contribution in [2.24, 2.45) is 0 Å². The molecule has 0 aromatic carbocycles. The summed E-state index contributed by atoms with van der Waals surface area (Å²) < 4.78 is 0. The number of nitrogens with zero attached hydrogens (tertiary/aromatic N) is 1. The van der Waals surface area contributed by atoms with E-state index in [9.17, 15) is 0 Å². The molecular weight excluding hydrogens is 130 g/mol. The maximum atomic E-state index is 8.16. The van der Waals surface area contributed by atoms with Crippen LogP contribution in [0.2, 0.25) is 0 Å². The maximum absolute atomic E-state index is 8.16. The Kier molecular flexibility index (Phi) is 7.70. The summed E-state index contributed by atoms with van der Waals surface area (Å²) in [6.07, 6.45) is 3.02. The van der Waals surface area contributed by atoms with Gasteiger partial charge in [0.2, 0.25) is 0 Å². The molecule has 0 saturated carbocycles. The zero-order chi connectivity index (χ0) is 6.95. The second-order valence-corrected chi connectivity index (χ2v) is 3.10. The molecule has 0 atom stereocenters. The topological polar surface area (TPSA) is 23.8 Å². The molecule has 0 aliphatic rings. The Bertz CT molecular complexity index is 85.4. The van der Waals surface area contributed by atoms with E-state index in [-0.39, 0.29) is 0 Å². The van der Waals surface area contributed by atoms with Crippen molar-refractivity contribution in [3.05, 3.63) is 0 Å². The lowest BCUT2D eigenvalue weighted by atomic mass is 10.4. The fraction of sp³-hybridized carbons (Fsp3) is 0.857. The molecule has 0 aromatic rings. The minimum absolute atomic E-state index is 0.719. The van der Waals surface area contributed by atoms with Gasteiger partial charge in [-0.05, 0) is 24.3 Å². The highest BCUT2D eigenvalue weighted by molar-refractivity contribution is 7.99. The van der Waals surface area contributed by atoms with Gasteiger partial charge in [0.05, 0.1) is 6.07 Å². The molecule has 0 aliphatic heterocycles. The molecule has 0 aromatic heterocycles. The molecule has 52 valence electrons. The summed E-state index contributed by atoms with van der Waals surface area (Å²) in [5.41, 5.74) is 0. The monoisotopic (exact) mass is 143 g/mol. The van der Waals surface area contributed by atoms with Crippen LogP contribution in [0.5, 0.6) is 0 Å². The van der Waals surface area contributed by atoms with Gasteiger partial charge in [-0.3, -0.25) is 0 Å². The van der Waals surface area contributed by atoms with Crippen LogP contribution in [0.25, 0.3) is 0 Å². The summed E-state index contributed by atoms with van der Waals surface area (Å²) in [6, 6.07) is 2.13. The normalized spacial score (nSPS) is 8.89. The third-order valence-electron chi connectivity index (χ3n) is 0.926. The fourth-order valence-electron chi connectivity index (χ4n) is 0.500. The molecule has 0 saturated heterocycles. The number of nitriles is 1. The Balaban J connectivity index is 2.69. The average molecular weight is 143 g/mol. The molecule has 0 spiro atoms. The molecule has 1 nitrogen and oxygen atoms in total. The van der Waals surface area contributed by atoms with Crippen LogP contribution in [0.4, 0.5) is 0 Å². The van der Waals surface area contributed by atoms with Gasteiger partial charge in [0, 0.05) is 6.42 Å². The highest BCUT2D eigenvalue weighted by Crippen LogP contribution is 2.04. The van der Waals surface area contributed by atoms with Crippen molar-refractivity contribution in [3.63, 3.8) is 0 Å². The van der Waals surface area contributed by atoms with E-state index in [1.165, 1.54) is 12.2 Å². The Labute approximate surface area is 61.4 Å².